The molecule has 3 heterocycles. The van der Waals surface area contributed by atoms with Gasteiger partial charge in [-0.05, 0) is 6.92 Å². The topological polar surface area (TPSA) is 97.6 Å². The molecule has 3 aromatic heterocycles. The van der Waals surface area contributed by atoms with Gasteiger partial charge in [-0.1, -0.05) is 85.1 Å². The van der Waals surface area contributed by atoms with E-state index in [2.05, 4.69) is 32.5 Å². The van der Waals surface area contributed by atoms with Crippen LogP contribution < -0.4 is 10.6 Å². The number of thiazole rings is 2. The molecule has 0 aliphatic carbocycles. The zero-order valence-electron chi connectivity index (χ0n) is 18.9. The van der Waals surface area contributed by atoms with Gasteiger partial charge < -0.3 is 10.6 Å². The van der Waals surface area contributed by atoms with Gasteiger partial charge in [-0.25, -0.2) is 14.6 Å². The SMILES string of the molecule is C=CCNc1nc(-c2sc(NC(=O)C(C)(C)C)nc2C)c(-n2cc(-c3ccccc3)nn2)s1. The zero-order chi connectivity index (χ0) is 23.6. The van der Waals surface area contributed by atoms with Crippen LogP contribution in [0, 0.1) is 12.3 Å². The molecule has 0 saturated carbocycles. The van der Waals surface area contributed by atoms with Crippen molar-refractivity contribution in [2.45, 2.75) is 27.7 Å². The molecule has 4 rings (SSSR count). The van der Waals surface area contributed by atoms with Crippen LogP contribution in [0.4, 0.5) is 10.3 Å². The Morgan fingerprint density at radius 2 is 1.91 bits per heavy atom. The first-order valence-electron chi connectivity index (χ1n) is 10.4. The second-order valence-corrected chi connectivity index (χ2v) is 10.4. The third-order valence-corrected chi connectivity index (χ3v) is 6.77. The van der Waals surface area contributed by atoms with E-state index >= 15 is 0 Å². The van der Waals surface area contributed by atoms with Crippen LogP contribution in [0.3, 0.4) is 0 Å². The summed E-state index contributed by atoms with van der Waals surface area (Å²) < 4.78 is 1.74. The third-order valence-electron chi connectivity index (χ3n) is 4.69. The number of hydrogen-bond donors (Lipinski definition) is 2. The van der Waals surface area contributed by atoms with Gasteiger partial charge in [0.05, 0.1) is 16.8 Å². The highest BCUT2D eigenvalue weighted by Crippen LogP contribution is 2.40. The minimum absolute atomic E-state index is 0.0848. The highest BCUT2D eigenvalue weighted by molar-refractivity contribution is 7.21. The first-order chi connectivity index (χ1) is 15.8. The summed E-state index contributed by atoms with van der Waals surface area (Å²) >= 11 is 2.87. The molecule has 0 unspecified atom stereocenters. The molecule has 2 N–H and O–H groups in total. The Bertz CT molecular complexity index is 1280. The minimum atomic E-state index is -0.512. The number of benzene rings is 1. The van der Waals surface area contributed by atoms with Crippen molar-refractivity contribution in [3.05, 3.63) is 54.9 Å². The summed E-state index contributed by atoms with van der Waals surface area (Å²) in [4.78, 5) is 22.7. The summed E-state index contributed by atoms with van der Waals surface area (Å²) in [5, 5.41) is 17.0. The van der Waals surface area contributed by atoms with Crippen LogP contribution in [0.25, 0.3) is 26.8 Å². The number of anilines is 2. The average molecular weight is 480 g/mol. The zero-order valence-corrected chi connectivity index (χ0v) is 20.5. The van der Waals surface area contributed by atoms with Crippen molar-refractivity contribution in [1.82, 2.24) is 25.0 Å². The van der Waals surface area contributed by atoms with E-state index in [1.54, 1.807) is 10.8 Å². The van der Waals surface area contributed by atoms with Gasteiger partial charge in [-0.2, -0.15) is 0 Å². The number of carbonyl (C=O) groups is 1. The van der Waals surface area contributed by atoms with Crippen molar-refractivity contribution in [1.29, 1.82) is 0 Å². The second-order valence-electron chi connectivity index (χ2n) is 8.39. The lowest BCUT2D eigenvalue weighted by Crippen LogP contribution is -2.27. The first kappa shape index (κ1) is 22.8. The number of carbonyl (C=O) groups excluding carboxylic acids is 1. The monoisotopic (exact) mass is 479 g/mol. The molecule has 0 spiro atoms. The summed E-state index contributed by atoms with van der Waals surface area (Å²) in [6.45, 7) is 11.9. The van der Waals surface area contributed by atoms with Crippen molar-refractivity contribution in [2.24, 2.45) is 5.41 Å². The van der Waals surface area contributed by atoms with Gasteiger partial charge in [-0.15, -0.1) is 11.7 Å². The summed E-state index contributed by atoms with van der Waals surface area (Å²) in [7, 11) is 0. The maximum Gasteiger partial charge on any atom is 0.231 e. The maximum atomic E-state index is 12.4. The number of hydrogen-bond acceptors (Lipinski definition) is 8. The number of nitrogens with zero attached hydrogens (tertiary/aromatic N) is 5. The van der Waals surface area contributed by atoms with Crippen LogP contribution in [0.1, 0.15) is 26.5 Å². The van der Waals surface area contributed by atoms with Gasteiger partial charge in [-0.3, -0.25) is 4.79 Å². The van der Waals surface area contributed by atoms with E-state index in [0.717, 1.165) is 37.7 Å². The summed E-state index contributed by atoms with van der Waals surface area (Å²) in [6.07, 6.45) is 3.67. The van der Waals surface area contributed by atoms with Crippen LogP contribution >= 0.6 is 22.7 Å². The summed E-state index contributed by atoms with van der Waals surface area (Å²) in [5.74, 6) is -0.0848. The molecule has 170 valence electrons. The minimum Gasteiger partial charge on any atom is -0.358 e. The molecule has 33 heavy (non-hydrogen) atoms. The number of nitrogens with one attached hydrogen (secondary N) is 2. The number of aryl methyl sites for hydroxylation is 1. The van der Waals surface area contributed by atoms with E-state index < -0.39 is 5.41 Å². The molecule has 0 atom stereocenters. The van der Waals surface area contributed by atoms with E-state index in [1.807, 2.05) is 64.2 Å². The summed E-state index contributed by atoms with van der Waals surface area (Å²) in [6, 6.07) is 9.90. The molecule has 8 nitrogen and oxygen atoms in total. The fourth-order valence-corrected chi connectivity index (χ4v) is 4.83. The fraction of sp³-hybridized carbons (Fsp3) is 0.261. The molecular formula is C23H25N7OS2. The van der Waals surface area contributed by atoms with Crippen molar-refractivity contribution < 1.29 is 4.79 Å². The van der Waals surface area contributed by atoms with Gasteiger partial charge in [0.1, 0.15) is 16.4 Å². The molecule has 4 aromatic rings. The molecule has 10 heteroatoms. The van der Waals surface area contributed by atoms with Crippen LogP contribution in [0.2, 0.25) is 0 Å². The largest absolute Gasteiger partial charge is 0.358 e. The Balaban J connectivity index is 1.73. The van der Waals surface area contributed by atoms with E-state index in [-0.39, 0.29) is 5.91 Å². The van der Waals surface area contributed by atoms with E-state index in [0.29, 0.717) is 11.7 Å². The Labute approximate surface area is 200 Å². The first-order valence-corrected chi connectivity index (χ1v) is 12.0. The number of aromatic nitrogens is 5. The highest BCUT2D eigenvalue weighted by Gasteiger charge is 2.25. The maximum absolute atomic E-state index is 12.4. The van der Waals surface area contributed by atoms with E-state index in [4.69, 9.17) is 4.98 Å². The van der Waals surface area contributed by atoms with Gasteiger partial charge in [0.25, 0.3) is 0 Å². The Kier molecular flexibility index (Phi) is 6.39. The van der Waals surface area contributed by atoms with Gasteiger partial charge in [0.15, 0.2) is 10.3 Å². The molecular weight excluding hydrogens is 454 g/mol. The average Bonchev–Trinajstić information content (AvgIpc) is 3.50. The normalized spacial score (nSPS) is 11.4. The molecule has 0 saturated heterocycles. The Hall–Kier alpha value is -3.37. The molecule has 0 aliphatic rings. The standard InChI is InChI=1S/C23H25N7OS2/c1-6-12-24-21-26-17(18-14(2)25-22(32-18)27-20(31)23(3,4)5)19(33-21)30-13-16(28-29-30)15-10-8-7-9-11-15/h6-11,13H,1,12H2,2-5H3,(H,24,26)(H,25,27,31). The molecule has 1 aromatic carbocycles. The quantitative estimate of drug-likeness (QED) is 0.344. The van der Waals surface area contributed by atoms with Gasteiger partial charge >= 0.3 is 0 Å². The summed E-state index contributed by atoms with van der Waals surface area (Å²) in [5.41, 5.74) is 2.77. The van der Waals surface area contributed by atoms with Gasteiger partial charge in [0, 0.05) is 17.5 Å². The van der Waals surface area contributed by atoms with E-state index in [1.165, 1.54) is 22.7 Å². The Morgan fingerprint density at radius 1 is 1.15 bits per heavy atom. The lowest BCUT2D eigenvalue weighted by Gasteiger charge is -2.15. The second kappa shape index (κ2) is 9.24. The molecule has 1 amide bonds. The van der Waals surface area contributed by atoms with Gasteiger partial charge in [0.2, 0.25) is 5.91 Å². The van der Waals surface area contributed by atoms with Crippen molar-refractivity contribution >= 4 is 38.8 Å². The van der Waals surface area contributed by atoms with Crippen molar-refractivity contribution in [3.63, 3.8) is 0 Å². The predicted molar refractivity (Wildman–Crippen MR) is 135 cm³/mol. The third kappa shape index (κ3) is 5.01. The van der Waals surface area contributed by atoms with Crippen molar-refractivity contribution in [2.75, 3.05) is 17.2 Å². The Morgan fingerprint density at radius 3 is 2.61 bits per heavy atom. The van der Waals surface area contributed by atoms with Crippen molar-refractivity contribution in [3.8, 4) is 26.8 Å². The lowest BCUT2D eigenvalue weighted by molar-refractivity contribution is -0.123. The molecule has 0 aliphatic heterocycles. The number of amides is 1. The van der Waals surface area contributed by atoms with E-state index in [9.17, 15) is 4.79 Å². The van der Waals surface area contributed by atoms with Crippen LogP contribution in [-0.4, -0.2) is 37.4 Å². The molecule has 0 radical (unpaired) electrons. The smallest absolute Gasteiger partial charge is 0.231 e. The van der Waals surface area contributed by atoms with Crippen LogP contribution in [-0.2, 0) is 4.79 Å². The molecule has 0 fully saturated rings. The number of rotatable bonds is 7. The van der Waals surface area contributed by atoms with Crippen LogP contribution in [0.15, 0.2) is 49.2 Å². The van der Waals surface area contributed by atoms with Crippen LogP contribution in [0.5, 0.6) is 0 Å². The highest BCUT2D eigenvalue weighted by atomic mass is 32.1. The predicted octanol–water partition coefficient (Wildman–Crippen LogP) is 5.41. The molecule has 0 bridgehead atoms. The lowest BCUT2D eigenvalue weighted by atomic mass is 9.96. The fourth-order valence-electron chi connectivity index (χ4n) is 2.91.